The summed E-state index contributed by atoms with van der Waals surface area (Å²) in [6.45, 7) is 1.99. The van der Waals surface area contributed by atoms with Crippen LogP contribution in [0.2, 0.25) is 0 Å². The van der Waals surface area contributed by atoms with Gasteiger partial charge < -0.3 is 9.26 Å². The number of ether oxygens (including phenoxy) is 1. The van der Waals surface area contributed by atoms with E-state index in [1.54, 1.807) is 7.11 Å². The molecule has 1 saturated carbocycles. The number of carbonyl (C=O) groups is 1. The van der Waals surface area contributed by atoms with Crippen molar-refractivity contribution < 1.29 is 14.1 Å². The van der Waals surface area contributed by atoms with Gasteiger partial charge in [-0.15, -0.1) is 0 Å². The average molecular weight is 280 g/mol. The van der Waals surface area contributed by atoms with E-state index in [2.05, 4.69) is 10.1 Å². The van der Waals surface area contributed by atoms with Crippen LogP contribution in [0.1, 0.15) is 70.0 Å². The van der Waals surface area contributed by atoms with Crippen LogP contribution >= 0.6 is 0 Å². The largest absolute Gasteiger partial charge is 0.370 e. The fraction of sp³-hybridized carbons (Fsp3) is 0.800. The quantitative estimate of drug-likeness (QED) is 0.749. The molecule has 5 heteroatoms. The van der Waals surface area contributed by atoms with Gasteiger partial charge in [0.1, 0.15) is 11.4 Å². The number of Topliss-reactive ketones (excluding diaryl/α,β-unsaturated/α-hetero) is 1. The van der Waals surface area contributed by atoms with Crippen LogP contribution in [0.3, 0.4) is 0 Å². The number of carbonyl (C=O) groups excluding carboxylic acids is 1. The first-order chi connectivity index (χ1) is 9.70. The minimum absolute atomic E-state index is 0.148. The van der Waals surface area contributed by atoms with Crippen LogP contribution < -0.4 is 0 Å². The Labute approximate surface area is 120 Å². The number of ketones is 1. The molecule has 0 unspecified atom stereocenters. The highest BCUT2D eigenvalue weighted by Crippen LogP contribution is 2.37. The molecule has 0 radical (unpaired) electrons. The van der Waals surface area contributed by atoms with Gasteiger partial charge in [0.2, 0.25) is 11.7 Å². The fourth-order valence-electron chi connectivity index (χ4n) is 2.87. The van der Waals surface area contributed by atoms with Gasteiger partial charge in [0.25, 0.3) is 0 Å². The smallest absolute Gasteiger partial charge is 0.234 e. The van der Waals surface area contributed by atoms with Crippen LogP contribution in [0.25, 0.3) is 0 Å². The molecular weight excluding hydrogens is 256 g/mol. The van der Waals surface area contributed by atoms with Crippen molar-refractivity contribution in [2.45, 2.75) is 70.3 Å². The van der Waals surface area contributed by atoms with Crippen molar-refractivity contribution in [1.29, 1.82) is 0 Å². The maximum absolute atomic E-state index is 11.6. The van der Waals surface area contributed by atoms with E-state index < -0.39 is 5.60 Å². The highest BCUT2D eigenvalue weighted by atomic mass is 16.5. The number of aromatic nitrogens is 2. The van der Waals surface area contributed by atoms with Crippen molar-refractivity contribution in [3.8, 4) is 0 Å². The van der Waals surface area contributed by atoms with E-state index in [1.807, 2.05) is 6.92 Å². The SMILES string of the molecule is CCCC(=O)Cc1nc(C2(OC)CCCCCC2)no1. The van der Waals surface area contributed by atoms with E-state index in [0.29, 0.717) is 18.1 Å². The van der Waals surface area contributed by atoms with E-state index in [0.717, 1.165) is 32.1 Å². The molecule has 1 aliphatic rings. The Bertz CT molecular complexity index is 434. The lowest BCUT2D eigenvalue weighted by molar-refractivity contribution is -0.118. The summed E-state index contributed by atoms with van der Waals surface area (Å²) in [5.74, 6) is 1.18. The molecule has 5 nitrogen and oxygen atoms in total. The summed E-state index contributed by atoms with van der Waals surface area (Å²) in [5.41, 5.74) is -0.425. The van der Waals surface area contributed by atoms with Gasteiger partial charge in [0.15, 0.2) is 0 Å². The van der Waals surface area contributed by atoms with E-state index in [1.165, 1.54) is 12.8 Å². The van der Waals surface area contributed by atoms with Gasteiger partial charge in [-0.3, -0.25) is 4.79 Å². The predicted octanol–water partition coefficient (Wildman–Crippen LogP) is 3.18. The Morgan fingerprint density at radius 3 is 2.60 bits per heavy atom. The minimum atomic E-state index is -0.425. The second-order valence-corrected chi connectivity index (χ2v) is 5.59. The van der Waals surface area contributed by atoms with Crippen molar-refractivity contribution in [1.82, 2.24) is 10.1 Å². The first-order valence-corrected chi connectivity index (χ1v) is 7.60. The van der Waals surface area contributed by atoms with Gasteiger partial charge in [0, 0.05) is 13.5 Å². The van der Waals surface area contributed by atoms with Crippen LogP contribution in [0, 0.1) is 0 Å². The van der Waals surface area contributed by atoms with Gasteiger partial charge in [-0.05, 0) is 19.3 Å². The van der Waals surface area contributed by atoms with E-state index in [9.17, 15) is 4.79 Å². The van der Waals surface area contributed by atoms with Gasteiger partial charge >= 0.3 is 0 Å². The molecule has 0 saturated heterocycles. The molecule has 1 fully saturated rings. The molecule has 112 valence electrons. The molecule has 0 atom stereocenters. The normalized spacial score (nSPS) is 18.7. The average Bonchev–Trinajstić information content (AvgIpc) is 2.76. The first-order valence-electron chi connectivity index (χ1n) is 7.60. The number of rotatable bonds is 6. The van der Waals surface area contributed by atoms with E-state index in [-0.39, 0.29) is 12.2 Å². The zero-order valence-corrected chi connectivity index (χ0v) is 12.5. The topological polar surface area (TPSA) is 65.2 Å². The standard InChI is InChI=1S/C15H24N2O3/c1-3-8-12(18)11-13-16-14(17-20-13)15(19-2)9-6-4-5-7-10-15/h3-11H2,1-2H3. The zero-order valence-electron chi connectivity index (χ0n) is 12.5. The van der Waals surface area contributed by atoms with Crippen molar-refractivity contribution in [2.24, 2.45) is 0 Å². The molecule has 0 aromatic carbocycles. The Morgan fingerprint density at radius 1 is 1.30 bits per heavy atom. The van der Waals surface area contributed by atoms with Crippen molar-refractivity contribution in [2.75, 3.05) is 7.11 Å². The maximum atomic E-state index is 11.6. The molecule has 1 aromatic heterocycles. The molecule has 0 bridgehead atoms. The molecule has 0 aliphatic heterocycles. The summed E-state index contributed by atoms with van der Waals surface area (Å²) in [7, 11) is 1.71. The molecular formula is C15H24N2O3. The van der Waals surface area contributed by atoms with Crippen molar-refractivity contribution in [3.05, 3.63) is 11.7 Å². The summed E-state index contributed by atoms with van der Waals surface area (Å²) in [5, 5.41) is 4.07. The Kier molecular flexibility index (Phi) is 5.29. The monoisotopic (exact) mass is 280 g/mol. The van der Waals surface area contributed by atoms with Crippen LogP contribution in [-0.4, -0.2) is 23.0 Å². The molecule has 1 aromatic rings. The lowest BCUT2D eigenvalue weighted by Gasteiger charge is -2.27. The Morgan fingerprint density at radius 2 is 2.00 bits per heavy atom. The van der Waals surface area contributed by atoms with Gasteiger partial charge in [0.05, 0.1) is 6.42 Å². The summed E-state index contributed by atoms with van der Waals surface area (Å²) in [4.78, 5) is 16.1. The number of hydrogen-bond acceptors (Lipinski definition) is 5. The van der Waals surface area contributed by atoms with Gasteiger partial charge in [-0.25, -0.2) is 0 Å². The lowest BCUT2D eigenvalue weighted by atomic mass is 9.93. The second-order valence-electron chi connectivity index (χ2n) is 5.59. The highest BCUT2D eigenvalue weighted by molar-refractivity contribution is 5.79. The number of nitrogens with zero attached hydrogens (tertiary/aromatic N) is 2. The first kappa shape index (κ1) is 15.2. The van der Waals surface area contributed by atoms with Crippen LogP contribution in [0.4, 0.5) is 0 Å². The van der Waals surface area contributed by atoms with Gasteiger partial charge in [-0.1, -0.05) is 37.8 Å². The summed E-state index contributed by atoms with van der Waals surface area (Å²) >= 11 is 0. The van der Waals surface area contributed by atoms with Gasteiger partial charge in [-0.2, -0.15) is 4.98 Å². The molecule has 1 heterocycles. The predicted molar refractivity (Wildman–Crippen MR) is 74.3 cm³/mol. The molecule has 20 heavy (non-hydrogen) atoms. The molecule has 0 amide bonds. The van der Waals surface area contributed by atoms with Crippen molar-refractivity contribution in [3.63, 3.8) is 0 Å². The number of hydrogen-bond donors (Lipinski definition) is 0. The molecule has 0 N–H and O–H groups in total. The lowest BCUT2D eigenvalue weighted by Crippen LogP contribution is -2.29. The van der Waals surface area contributed by atoms with Crippen LogP contribution in [0.15, 0.2) is 4.52 Å². The third kappa shape index (κ3) is 3.45. The molecule has 0 spiro atoms. The van der Waals surface area contributed by atoms with E-state index >= 15 is 0 Å². The number of methoxy groups -OCH3 is 1. The Balaban J connectivity index is 2.10. The van der Waals surface area contributed by atoms with E-state index in [4.69, 9.17) is 9.26 Å². The summed E-state index contributed by atoms with van der Waals surface area (Å²) in [6.07, 6.45) is 8.18. The molecule has 1 aliphatic carbocycles. The maximum Gasteiger partial charge on any atom is 0.234 e. The fourth-order valence-corrected chi connectivity index (χ4v) is 2.87. The van der Waals surface area contributed by atoms with Crippen molar-refractivity contribution >= 4 is 5.78 Å². The third-order valence-electron chi connectivity index (χ3n) is 4.05. The van der Waals surface area contributed by atoms with Crippen LogP contribution in [-0.2, 0) is 21.6 Å². The summed E-state index contributed by atoms with van der Waals surface area (Å²) < 4.78 is 11.0. The summed E-state index contributed by atoms with van der Waals surface area (Å²) in [6, 6.07) is 0. The zero-order chi connectivity index (χ0) is 14.4. The minimum Gasteiger partial charge on any atom is -0.370 e. The molecule has 2 rings (SSSR count). The van der Waals surface area contributed by atoms with Crippen LogP contribution in [0.5, 0.6) is 0 Å². The Hall–Kier alpha value is -1.23. The third-order valence-corrected chi connectivity index (χ3v) is 4.05. The highest BCUT2D eigenvalue weighted by Gasteiger charge is 2.37. The second kappa shape index (κ2) is 6.97.